The Hall–Kier alpha value is 0.430. The zero-order valence-electron chi connectivity index (χ0n) is 8.42. The van der Waals surface area contributed by atoms with Crippen LogP contribution in [0.15, 0.2) is 0 Å². The molecule has 0 saturated carbocycles. The number of aliphatic hydroxyl groups is 1. The number of carboxylic acids is 1. The SMILES string of the molecule is CC(C)(CCCO)C(=O)O.[H-].[Na+]. The van der Waals surface area contributed by atoms with E-state index in [1.54, 1.807) is 13.8 Å². The standard InChI is InChI=1S/C7H14O3.Na.H/c1-7(2,6(9)10)4-3-5-8;;/h8H,3-5H2,1-2H3,(H,9,10);;/q;+1;-1. The third-order valence-corrected chi connectivity index (χ3v) is 1.54. The molecule has 0 aromatic carbocycles. The Morgan fingerprint density at radius 1 is 1.55 bits per heavy atom. The number of hydrogen-bond donors (Lipinski definition) is 2. The van der Waals surface area contributed by atoms with E-state index in [9.17, 15) is 4.79 Å². The van der Waals surface area contributed by atoms with Crippen molar-refractivity contribution in [2.75, 3.05) is 6.61 Å². The fourth-order valence-corrected chi connectivity index (χ4v) is 0.628. The minimum Gasteiger partial charge on any atom is -1.00 e. The van der Waals surface area contributed by atoms with E-state index in [2.05, 4.69) is 0 Å². The minimum atomic E-state index is -0.805. The molecular weight excluding hydrogens is 155 g/mol. The second-order valence-electron chi connectivity index (χ2n) is 3.02. The molecule has 0 aliphatic rings. The quantitative estimate of drug-likeness (QED) is 0.479. The van der Waals surface area contributed by atoms with Crippen molar-refractivity contribution in [3.8, 4) is 0 Å². The molecule has 0 aromatic heterocycles. The third-order valence-electron chi connectivity index (χ3n) is 1.54. The average Bonchev–Trinajstić information content (AvgIpc) is 1.84. The van der Waals surface area contributed by atoms with Crippen molar-refractivity contribution in [2.45, 2.75) is 26.7 Å². The topological polar surface area (TPSA) is 57.5 Å². The van der Waals surface area contributed by atoms with E-state index >= 15 is 0 Å². The summed E-state index contributed by atoms with van der Waals surface area (Å²) in [4.78, 5) is 10.4. The average molecular weight is 170 g/mol. The van der Waals surface area contributed by atoms with Crippen molar-refractivity contribution in [3.05, 3.63) is 0 Å². The first kappa shape index (κ1) is 14.0. The predicted octanol–water partition coefficient (Wildman–Crippen LogP) is -2.01. The first-order valence-electron chi connectivity index (χ1n) is 3.35. The summed E-state index contributed by atoms with van der Waals surface area (Å²) in [7, 11) is 0. The van der Waals surface area contributed by atoms with Crippen LogP contribution in [0, 0.1) is 5.41 Å². The van der Waals surface area contributed by atoms with Crippen LogP contribution in [0.5, 0.6) is 0 Å². The van der Waals surface area contributed by atoms with Crippen LogP contribution in [0.3, 0.4) is 0 Å². The third kappa shape index (κ3) is 5.67. The molecule has 2 N–H and O–H groups in total. The maximum Gasteiger partial charge on any atom is 1.00 e. The van der Waals surface area contributed by atoms with Gasteiger partial charge in [0, 0.05) is 6.61 Å². The number of hydrogen-bond acceptors (Lipinski definition) is 2. The van der Waals surface area contributed by atoms with Gasteiger partial charge in [0.25, 0.3) is 0 Å². The maximum absolute atomic E-state index is 10.4. The zero-order valence-corrected chi connectivity index (χ0v) is 9.42. The fraction of sp³-hybridized carbons (Fsp3) is 0.857. The van der Waals surface area contributed by atoms with Gasteiger partial charge < -0.3 is 11.6 Å². The molecule has 0 unspecified atom stereocenters. The van der Waals surface area contributed by atoms with Crippen LogP contribution >= 0.6 is 0 Å². The second-order valence-corrected chi connectivity index (χ2v) is 3.02. The summed E-state index contributed by atoms with van der Waals surface area (Å²) in [6.45, 7) is 3.38. The van der Waals surface area contributed by atoms with Crippen LogP contribution < -0.4 is 29.6 Å². The molecule has 0 bridgehead atoms. The Labute approximate surface area is 90.6 Å². The number of aliphatic carboxylic acids is 1. The van der Waals surface area contributed by atoms with Crippen molar-refractivity contribution in [3.63, 3.8) is 0 Å². The summed E-state index contributed by atoms with van der Waals surface area (Å²) in [6, 6.07) is 0. The van der Waals surface area contributed by atoms with Crippen LogP contribution in [-0.2, 0) is 4.79 Å². The van der Waals surface area contributed by atoms with Gasteiger partial charge in [-0.3, -0.25) is 4.79 Å². The first-order valence-corrected chi connectivity index (χ1v) is 3.35. The fourth-order valence-electron chi connectivity index (χ4n) is 0.628. The van der Waals surface area contributed by atoms with Gasteiger partial charge in [-0.15, -0.1) is 0 Å². The van der Waals surface area contributed by atoms with Crippen LogP contribution in [-0.4, -0.2) is 22.8 Å². The van der Waals surface area contributed by atoms with Crippen LogP contribution in [0.2, 0.25) is 0 Å². The summed E-state index contributed by atoms with van der Waals surface area (Å²) in [5.41, 5.74) is -0.692. The van der Waals surface area contributed by atoms with Gasteiger partial charge in [0.15, 0.2) is 0 Å². The predicted molar refractivity (Wildman–Crippen MR) is 38.8 cm³/mol. The Bertz CT molecular complexity index is 128. The van der Waals surface area contributed by atoms with Gasteiger partial charge in [0.1, 0.15) is 0 Å². The Morgan fingerprint density at radius 3 is 2.27 bits per heavy atom. The van der Waals surface area contributed by atoms with Gasteiger partial charge in [-0.05, 0) is 26.7 Å². The van der Waals surface area contributed by atoms with Gasteiger partial charge in [-0.25, -0.2) is 0 Å². The molecule has 0 radical (unpaired) electrons. The largest absolute Gasteiger partial charge is 1.00 e. The summed E-state index contributed by atoms with van der Waals surface area (Å²) in [5, 5.41) is 17.0. The molecule has 0 amide bonds. The molecule has 0 rings (SSSR count). The van der Waals surface area contributed by atoms with E-state index in [0.717, 1.165) is 0 Å². The van der Waals surface area contributed by atoms with E-state index < -0.39 is 11.4 Å². The molecule has 0 aromatic rings. The minimum absolute atomic E-state index is 0. The smallest absolute Gasteiger partial charge is 1.00 e. The van der Waals surface area contributed by atoms with Crippen molar-refractivity contribution in [2.24, 2.45) is 5.41 Å². The van der Waals surface area contributed by atoms with E-state index in [1.807, 2.05) is 0 Å². The molecule has 0 spiro atoms. The molecule has 0 aliphatic heterocycles. The zero-order chi connectivity index (χ0) is 8.20. The van der Waals surface area contributed by atoms with Gasteiger partial charge >= 0.3 is 35.5 Å². The number of rotatable bonds is 4. The normalized spacial score (nSPS) is 10.5. The van der Waals surface area contributed by atoms with Crippen LogP contribution in [0.4, 0.5) is 0 Å². The van der Waals surface area contributed by atoms with Crippen LogP contribution in [0.25, 0.3) is 0 Å². The summed E-state index contributed by atoms with van der Waals surface area (Å²) < 4.78 is 0. The molecule has 0 atom stereocenters. The molecule has 62 valence electrons. The summed E-state index contributed by atoms with van der Waals surface area (Å²) in [5.74, 6) is -0.805. The van der Waals surface area contributed by atoms with E-state index in [-0.39, 0.29) is 37.6 Å². The molecule has 4 heteroatoms. The maximum atomic E-state index is 10.4. The number of carbonyl (C=O) groups is 1. The van der Waals surface area contributed by atoms with Gasteiger partial charge in [-0.1, -0.05) is 0 Å². The van der Waals surface area contributed by atoms with Crippen LogP contribution in [0.1, 0.15) is 28.1 Å². The first-order chi connectivity index (χ1) is 4.50. The number of carboxylic acid groups (broad SMARTS) is 1. The summed E-state index contributed by atoms with van der Waals surface area (Å²) >= 11 is 0. The monoisotopic (exact) mass is 170 g/mol. The van der Waals surface area contributed by atoms with E-state index in [4.69, 9.17) is 10.2 Å². The molecule has 0 aliphatic carbocycles. The molecular formula is C7H15NaO3. The van der Waals surface area contributed by atoms with Gasteiger partial charge in [0.05, 0.1) is 5.41 Å². The van der Waals surface area contributed by atoms with Gasteiger partial charge in [-0.2, -0.15) is 0 Å². The molecule has 0 heterocycles. The van der Waals surface area contributed by atoms with Crippen molar-refractivity contribution >= 4 is 5.97 Å². The van der Waals surface area contributed by atoms with E-state index in [1.165, 1.54) is 0 Å². The van der Waals surface area contributed by atoms with Crippen molar-refractivity contribution in [1.82, 2.24) is 0 Å². The Morgan fingerprint density at radius 2 is 2.00 bits per heavy atom. The van der Waals surface area contributed by atoms with Gasteiger partial charge in [0.2, 0.25) is 0 Å². The molecule has 3 nitrogen and oxygen atoms in total. The molecule has 11 heavy (non-hydrogen) atoms. The Kier molecular flexibility index (Phi) is 7.63. The van der Waals surface area contributed by atoms with Crippen molar-refractivity contribution in [1.29, 1.82) is 0 Å². The second kappa shape index (κ2) is 6.00. The number of aliphatic hydroxyl groups excluding tert-OH is 1. The van der Waals surface area contributed by atoms with E-state index in [0.29, 0.717) is 12.8 Å². The van der Waals surface area contributed by atoms with Crippen molar-refractivity contribution < 1.29 is 46.0 Å². The summed E-state index contributed by atoms with van der Waals surface area (Å²) in [6.07, 6.45) is 1.08. The molecule has 0 saturated heterocycles. The Balaban J connectivity index is -0.000000405. The molecule has 0 fully saturated rings.